The SMILES string of the molecule is CC(C)CCNC(=O)C(CC(C)C)NC(=O)[C@H]1OC1C(=O)O. The van der Waals surface area contributed by atoms with Gasteiger partial charge < -0.3 is 20.5 Å². The topological polar surface area (TPSA) is 108 Å². The predicted octanol–water partition coefficient (Wildman–Crippen LogP) is 0.532. The second-order valence-corrected chi connectivity index (χ2v) is 6.48. The summed E-state index contributed by atoms with van der Waals surface area (Å²) in [4.78, 5) is 34.8. The van der Waals surface area contributed by atoms with E-state index in [1.165, 1.54) is 0 Å². The van der Waals surface area contributed by atoms with Crippen LogP contribution in [0, 0.1) is 11.8 Å². The summed E-state index contributed by atoms with van der Waals surface area (Å²) < 4.78 is 4.80. The minimum Gasteiger partial charge on any atom is -0.479 e. The quantitative estimate of drug-likeness (QED) is 0.538. The smallest absolute Gasteiger partial charge is 0.336 e. The summed E-state index contributed by atoms with van der Waals surface area (Å²) in [6.45, 7) is 8.59. The maximum Gasteiger partial charge on any atom is 0.336 e. The Morgan fingerprint density at radius 2 is 1.73 bits per heavy atom. The van der Waals surface area contributed by atoms with E-state index in [-0.39, 0.29) is 11.8 Å². The molecule has 0 aliphatic carbocycles. The van der Waals surface area contributed by atoms with Crippen molar-refractivity contribution >= 4 is 17.8 Å². The highest BCUT2D eigenvalue weighted by Crippen LogP contribution is 2.22. The van der Waals surface area contributed by atoms with Crippen molar-refractivity contribution in [2.45, 2.75) is 58.8 Å². The fourth-order valence-corrected chi connectivity index (χ4v) is 2.06. The molecule has 0 bridgehead atoms. The first-order valence-electron chi connectivity index (χ1n) is 7.68. The van der Waals surface area contributed by atoms with Gasteiger partial charge >= 0.3 is 5.97 Å². The van der Waals surface area contributed by atoms with E-state index in [0.717, 1.165) is 6.42 Å². The molecule has 1 aliphatic rings. The maximum atomic E-state index is 12.2. The van der Waals surface area contributed by atoms with Gasteiger partial charge in [-0.25, -0.2) is 4.79 Å². The van der Waals surface area contributed by atoms with Gasteiger partial charge in [0.15, 0.2) is 12.2 Å². The molecule has 22 heavy (non-hydrogen) atoms. The highest BCUT2D eigenvalue weighted by Gasteiger charge is 2.51. The van der Waals surface area contributed by atoms with Gasteiger partial charge in [0.2, 0.25) is 5.91 Å². The fraction of sp³-hybridized carbons (Fsp3) is 0.800. The zero-order chi connectivity index (χ0) is 16.9. The highest BCUT2D eigenvalue weighted by atomic mass is 16.6. The summed E-state index contributed by atoms with van der Waals surface area (Å²) in [5, 5.41) is 14.1. The number of hydrogen-bond donors (Lipinski definition) is 3. The van der Waals surface area contributed by atoms with E-state index in [9.17, 15) is 14.4 Å². The lowest BCUT2D eigenvalue weighted by Crippen LogP contribution is -2.49. The number of carbonyl (C=O) groups is 3. The molecule has 0 radical (unpaired) electrons. The molecular formula is C15H26N2O5. The minimum atomic E-state index is -1.16. The van der Waals surface area contributed by atoms with Gasteiger partial charge in [-0.3, -0.25) is 9.59 Å². The van der Waals surface area contributed by atoms with E-state index in [1.54, 1.807) is 0 Å². The average molecular weight is 314 g/mol. The van der Waals surface area contributed by atoms with Crippen molar-refractivity contribution < 1.29 is 24.2 Å². The molecule has 7 nitrogen and oxygen atoms in total. The number of carboxylic acid groups (broad SMARTS) is 1. The van der Waals surface area contributed by atoms with Crippen LogP contribution in [0.15, 0.2) is 0 Å². The Hall–Kier alpha value is -1.63. The van der Waals surface area contributed by atoms with Crippen molar-refractivity contribution in [3.8, 4) is 0 Å². The van der Waals surface area contributed by atoms with Crippen LogP contribution in [0.2, 0.25) is 0 Å². The molecule has 1 fully saturated rings. The molecule has 0 aromatic carbocycles. The lowest BCUT2D eigenvalue weighted by atomic mass is 10.0. The largest absolute Gasteiger partial charge is 0.479 e. The van der Waals surface area contributed by atoms with Crippen LogP contribution in [0.4, 0.5) is 0 Å². The van der Waals surface area contributed by atoms with Crippen molar-refractivity contribution in [2.24, 2.45) is 11.8 Å². The molecule has 1 heterocycles. The van der Waals surface area contributed by atoms with Crippen LogP contribution in [-0.4, -0.2) is 47.7 Å². The molecule has 1 rings (SSSR count). The van der Waals surface area contributed by atoms with Gasteiger partial charge in [0.25, 0.3) is 5.91 Å². The van der Waals surface area contributed by atoms with E-state index in [0.29, 0.717) is 18.9 Å². The van der Waals surface area contributed by atoms with Crippen LogP contribution >= 0.6 is 0 Å². The predicted molar refractivity (Wildman–Crippen MR) is 80.1 cm³/mol. The molecule has 0 aromatic heterocycles. The third kappa shape index (κ3) is 6.01. The molecule has 3 N–H and O–H groups in total. The number of aliphatic carboxylic acids is 1. The van der Waals surface area contributed by atoms with Gasteiger partial charge in [-0.05, 0) is 24.7 Å². The van der Waals surface area contributed by atoms with Gasteiger partial charge in [-0.15, -0.1) is 0 Å². The molecule has 1 aliphatic heterocycles. The molecule has 2 amide bonds. The molecular weight excluding hydrogens is 288 g/mol. The van der Waals surface area contributed by atoms with Crippen LogP contribution in [0.5, 0.6) is 0 Å². The van der Waals surface area contributed by atoms with E-state index in [2.05, 4.69) is 24.5 Å². The Morgan fingerprint density at radius 1 is 1.09 bits per heavy atom. The molecule has 2 unspecified atom stereocenters. The third-order valence-electron chi connectivity index (χ3n) is 3.35. The maximum absolute atomic E-state index is 12.2. The van der Waals surface area contributed by atoms with Gasteiger partial charge in [0.1, 0.15) is 6.04 Å². The zero-order valence-corrected chi connectivity index (χ0v) is 13.6. The Labute approximate surface area is 130 Å². The third-order valence-corrected chi connectivity index (χ3v) is 3.35. The first kappa shape index (κ1) is 18.4. The second-order valence-electron chi connectivity index (χ2n) is 6.48. The van der Waals surface area contributed by atoms with Crippen LogP contribution in [-0.2, 0) is 19.1 Å². The van der Waals surface area contributed by atoms with Crippen LogP contribution in [0.3, 0.4) is 0 Å². The number of carbonyl (C=O) groups excluding carboxylic acids is 2. The first-order valence-corrected chi connectivity index (χ1v) is 7.68. The Morgan fingerprint density at radius 3 is 2.18 bits per heavy atom. The van der Waals surface area contributed by atoms with Gasteiger partial charge in [-0.2, -0.15) is 0 Å². The highest BCUT2D eigenvalue weighted by molar-refractivity contribution is 5.95. The van der Waals surface area contributed by atoms with Crippen molar-refractivity contribution in [1.82, 2.24) is 10.6 Å². The molecule has 126 valence electrons. The lowest BCUT2D eigenvalue weighted by molar-refractivity contribution is -0.138. The van der Waals surface area contributed by atoms with E-state index in [1.807, 2.05) is 13.8 Å². The Balaban J connectivity index is 2.51. The number of ether oxygens (including phenoxy) is 1. The van der Waals surface area contributed by atoms with E-state index in [4.69, 9.17) is 9.84 Å². The van der Waals surface area contributed by atoms with E-state index < -0.39 is 30.1 Å². The summed E-state index contributed by atoms with van der Waals surface area (Å²) in [6, 6.07) is -0.668. The number of rotatable bonds is 9. The summed E-state index contributed by atoms with van der Waals surface area (Å²) in [6.07, 6.45) is -0.732. The van der Waals surface area contributed by atoms with Crippen LogP contribution in [0.1, 0.15) is 40.5 Å². The van der Waals surface area contributed by atoms with E-state index >= 15 is 0 Å². The lowest BCUT2D eigenvalue weighted by Gasteiger charge is -2.20. The van der Waals surface area contributed by atoms with Crippen molar-refractivity contribution in [3.05, 3.63) is 0 Å². The first-order chi connectivity index (χ1) is 10.2. The second kappa shape index (κ2) is 8.12. The Bertz CT molecular complexity index is 422. The van der Waals surface area contributed by atoms with Crippen molar-refractivity contribution in [3.63, 3.8) is 0 Å². The summed E-state index contributed by atoms with van der Waals surface area (Å²) in [5.41, 5.74) is 0. The minimum absolute atomic E-state index is 0.219. The number of amides is 2. The van der Waals surface area contributed by atoms with Crippen LogP contribution in [0.25, 0.3) is 0 Å². The van der Waals surface area contributed by atoms with Crippen molar-refractivity contribution in [2.75, 3.05) is 6.54 Å². The van der Waals surface area contributed by atoms with Gasteiger partial charge in [0, 0.05) is 6.54 Å². The molecule has 7 heteroatoms. The monoisotopic (exact) mass is 314 g/mol. The summed E-state index contributed by atoms with van der Waals surface area (Å²) in [7, 11) is 0. The van der Waals surface area contributed by atoms with Crippen molar-refractivity contribution in [1.29, 1.82) is 0 Å². The molecule has 0 aromatic rings. The van der Waals surface area contributed by atoms with Gasteiger partial charge in [-0.1, -0.05) is 27.7 Å². The summed E-state index contributed by atoms with van der Waals surface area (Å²) in [5.74, 6) is -1.25. The average Bonchev–Trinajstić information content (AvgIpc) is 3.16. The molecule has 1 saturated heterocycles. The number of nitrogens with one attached hydrogen (secondary N) is 2. The normalized spacial score (nSPS) is 21.5. The van der Waals surface area contributed by atoms with Crippen LogP contribution < -0.4 is 10.6 Å². The zero-order valence-electron chi connectivity index (χ0n) is 13.6. The summed E-state index contributed by atoms with van der Waals surface area (Å²) >= 11 is 0. The fourth-order valence-electron chi connectivity index (χ4n) is 2.06. The Kier molecular flexibility index (Phi) is 6.80. The molecule has 3 atom stereocenters. The molecule has 0 spiro atoms. The number of epoxide rings is 1. The molecule has 0 saturated carbocycles. The number of hydrogen-bond acceptors (Lipinski definition) is 4. The number of carboxylic acids is 1. The van der Waals surface area contributed by atoms with Gasteiger partial charge in [0.05, 0.1) is 0 Å². The standard InChI is InChI=1S/C15H26N2O5/c1-8(2)5-6-16-13(18)10(7-9(3)4)17-14(19)11-12(22-11)15(20)21/h8-12H,5-7H2,1-4H3,(H,16,18)(H,17,19)(H,20,21)/t10?,11-,12?/m0/s1.